The number of carboxylic acid groups (broad SMARTS) is 1. The first-order chi connectivity index (χ1) is 30.7. The van der Waals surface area contributed by atoms with E-state index in [0.717, 1.165) is 47.3 Å². The number of aliphatic carboxylic acids is 1. The van der Waals surface area contributed by atoms with Crippen molar-refractivity contribution in [1.29, 1.82) is 0 Å². The van der Waals surface area contributed by atoms with Gasteiger partial charge in [-0.05, 0) is 98.2 Å². The Morgan fingerprint density at radius 2 is 1.22 bits per heavy atom. The van der Waals surface area contributed by atoms with Gasteiger partial charge in [0, 0.05) is 83.3 Å². The molecule has 0 bridgehead atoms. The molecule has 324 valence electrons. The van der Waals surface area contributed by atoms with Crippen molar-refractivity contribution in [2.45, 2.75) is 50.6 Å². The summed E-state index contributed by atoms with van der Waals surface area (Å²) in [5, 5.41) is 25.9. The Kier molecular flexibility index (Phi) is 12.8. The van der Waals surface area contributed by atoms with Crippen LogP contribution in [0.5, 0.6) is 11.5 Å². The highest BCUT2D eigenvalue weighted by Crippen LogP contribution is 2.35. The van der Waals surface area contributed by atoms with Gasteiger partial charge in [-0.15, -0.1) is 0 Å². The zero-order valence-electron chi connectivity index (χ0n) is 35.3. The maximum atomic E-state index is 13.4. The van der Waals surface area contributed by atoms with E-state index in [0.29, 0.717) is 61.5 Å². The molecule has 10 rings (SSSR count). The monoisotopic (exact) mass is 850 g/mol. The Labute approximate surface area is 365 Å². The number of ether oxygens (including phenoxy) is 2. The van der Waals surface area contributed by atoms with Crippen molar-refractivity contribution in [2.24, 2.45) is 0 Å². The van der Waals surface area contributed by atoms with Gasteiger partial charge in [-0.2, -0.15) is 10.2 Å². The largest absolute Gasteiger partial charge is 0.496 e. The van der Waals surface area contributed by atoms with Crippen molar-refractivity contribution in [3.05, 3.63) is 132 Å². The van der Waals surface area contributed by atoms with E-state index in [4.69, 9.17) is 9.47 Å². The second-order valence-corrected chi connectivity index (χ2v) is 15.7. The molecular formula is C48H50N8O7. The molecule has 15 nitrogen and oxygen atoms in total. The van der Waals surface area contributed by atoms with Gasteiger partial charge in [0.25, 0.3) is 11.8 Å². The first-order valence-electron chi connectivity index (χ1n) is 21.2. The number of hydrogen-bond donors (Lipinski definition) is 4. The van der Waals surface area contributed by atoms with Crippen LogP contribution in [-0.2, 0) is 22.4 Å². The molecule has 2 saturated heterocycles. The van der Waals surface area contributed by atoms with Gasteiger partial charge in [-0.3, -0.25) is 24.6 Å². The van der Waals surface area contributed by atoms with Crippen molar-refractivity contribution < 1.29 is 33.8 Å². The molecule has 0 aliphatic carbocycles. The Morgan fingerprint density at radius 3 is 1.78 bits per heavy atom. The molecule has 6 heterocycles. The fourth-order valence-corrected chi connectivity index (χ4v) is 8.78. The Balaban J connectivity index is 0.000000148. The molecule has 0 spiro atoms. The second kappa shape index (κ2) is 19.1. The molecule has 4 aliphatic heterocycles. The number of nitrogens with zero attached hydrogens (tertiary/aromatic N) is 5. The lowest BCUT2D eigenvalue weighted by Crippen LogP contribution is -2.47. The summed E-state index contributed by atoms with van der Waals surface area (Å²) in [5.41, 5.74) is 9.28. The summed E-state index contributed by atoms with van der Waals surface area (Å²) in [4.78, 5) is 55.6. The smallest absolute Gasteiger partial charge is 0.326 e. The van der Waals surface area contributed by atoms with E-state index < -0.39 is 18.1 Å². The van der Waals surface area contributed by atoms with Crippen molar-refractivity contribution >= 4 is 35.1 Å². The minimum Gasteiger partial charge on any atom is -0.496 e. The first-order valence-corrected chi connectivity index (χ1v) is 21.2. The van der Waals surface area contributed by atoms with E-state index in [1.807, 2.05) is 29.2 Å². The van der Waals surface area contributed by atoms with Crippen LogP contribution in [0.15, 0.2) is 110 Å². The van der Waals surface area contributed by atoms with Gasteiger partial charge in [-0.25, -0.2) is 4.79 Å². The van der Waals surface area contributed by atoms with Crippen LogP contribution in [-0.4, -0.2) is 111 Å². The van der Waals surface area contributed by atoms with Gasteiger partial charge in [0.2, 0.25) is 5.91 Å². The van der Waals surface area contributed by atoms with E-state index in [2.05, 4.69) is 56.0 Å². The number of methoxy groups -OCH3 is 2. The fraction of sp³-hybridized carbons (Fsp3) is 0.292. The summed E-state index contributed by atoms with van der Waals surface area (Å²) in [7, 11) is 3.11. The summed E-state index contributed by atoms with van der Waals surface area (Å²) in [6.07, 6.45) is 11.6. The summed E-state index contributed by atoms with van der Waals surface area (Å²) >= 11 is 0. The maximum absolute atomic E-state index is 13.4. The zero-order valence-corrected chi connectivity index (χ0v) is 35.3. The number of hydrogen-bond acceptors (Lipinski definition) is 9. The summed E-state index contributed by atoms with van der Waals surface area (Å²) in [6.45, 7) is 2.82. The number of benzene rings is 4. The highest BCUT2D eigenvalue weighted by atomic mass is 16.5. The third-order valence-electron chi connectivity index (χ3n) is 12.0. The highest BCUT2D eigenvalue weighted by molar-refractivity contribution is 6.04. The molecule has 2 atom stereocenters. The van der Waals surface area contributed by atoms with E-state index >= 15 is 0 Å². The molecule has 2 fully saturated rings. The quantitative estimate of drug-likeness (QED) is 0.128. The lowest BCUT2D eigenvalue weighted by atomic mass is 10.0. The summed E-state index contributed by atoms with van der Waals surface area (Å²) < 4.78 is 10.9. The summed E-state index contributed by atoms with van der Waals surface area (Å²) in [5.74, 6) is -0.228. The average Bonchev–Trinajstić information content (AvgIpc) is 4.18. The number of anilines is 2. The van der Waals surface area contributed by atoms with Crippen LogP contribution in [0.2, 0.25) is 0 Å². The number of carbonyl (C=O) groups is 4. The predicted molar refractivity (Wildman–Crippen MR) is 238 cm³/mol. The average molecular weight is 851 g/mol. The number of H-pyrrole nitrogens is 2. The van der Waals surface area contributed by atoms with Gasteiger partial charge >= 0.3 is 5.97 Å². The van der Waals surface area contributed by atoms with Crippen LogP contribution in [0, 0.1) is 0 Å². The van der Waals surface area contributed by atoms with Gasteiger partial charge in [0.05, 0.1) is 26.6 Å². The standard InChI is InChI=1S/C24H24N4O3.C16H17N3O4.C8H9N/c1-31-22-13-17(8-9-19(22)18-14-25-26-15-18)23(29)27-11-4-7-21(27)24(30)28-12-10-16-5-2-3-6-20(16)28;1-23-14-7-10(4-5-12(14)11-8-17-18-9-11)15(20)19-6-2-3-13(19)16(21)22;1-2-4-8-7(3-1)5-6-9-8/h2-3,5-6,8-9,13-15,21H,4,7,10-12H2,1H3,(H,25,26);4-5,7-9,13H,2-3,6H2,1H3,(H,17,18)(H,21,22);1-4,9H,5-6H2/t21-;13-;/m11./s1. The number of rotatable bonds is 8. The lowest BCUT2D eigenvalue weighted by molar-refractivity contribution is -0.141. The fourth-order valence-electron chi connectivity index (χ4n) is 8.78. The van der Waals surface area contributed by atoms with E-state index in [-0.39, 0.29) is 17.7 Å². The lowest BCUT2D eigenvalue weighted by Gasteiger charge is -2.28. The highest BCUT2D eigenvalue weighted by Gasteiger charge is 2.39. The number of para-hydroxylation sites is 2. The molecular weight excluding hydrogens is 801 g/mol. The number of fused-ring (bicyclic) bond motifs is 2. The van der Waals surface area contributed by atoms with E-state index in [1.54, 1.807) is 67.1 Å². The molecule has 6 aromatic rings. The summed E-state index contributed by atoms with van der Waals surface area (Å²) in [6, 6.07) is 25.8. The van der Waals surface area contributed by atoms with Crippen LogP contribution in [0.25, 0.3) is 22.3 Å². The molecule has 63 heavy (non-hydrogen) atoms. The molecule has 2 aromatic heterocycles. The van der Waals surface area contributed by atoms with Crippen LogP contribution in [0.3, 0.4) is 0 Å². The van der Waals surface area contributed by atoms with E-state index in [1.165, 1.54) is 35.2 Å². The molecule has 15 heteroatoms. The predicted octanol–water partition coefficient (Wildman–Crippen LogP) is 6.71. The minimum absolute atomic E-state index is 0.0118. The van der Waals surface area contributed by atoms with Crippen molar-refractivity contribution in [2.75, 3.05) is 50.6 Å². The van der Waals surface area contributed by atoms with E-state index in [9.17, 15) is 24.3 Å². The molecule has 0 saturated carbocycles. The Bertz CT molecular complexity index is 2550. The molecule has 0 unspecified atom stereocenters. The van der Waals surface area contributed by atoms with Crippen molar-refractivity contribution in [1.82, 2.24) is 30.2 Å². The van der Waals surface area contributed by atoms with Crippen LogP contribution in [0.4, 0.5) is 11.4 Å². The molecule has 4 aromatic carbocycles. The number of carbonyl (C=O) groups excluding carboxylic acids is 3. The first kappa shape index (κ1) is 42.3. The minimum atomic E-state index is -0.960. The van der Waals surface area contributed by atoms with Crippen LogP contribution < -0.4 is 19.7 Å². The number of amides is 3. The maximum Gasteiger partial charge on any atom is 0.326 e. The van der Waals surface area contributed by atoms with Gasteiger partial charge < -0.3 is 34.6 Å². The Morgan fingerprint density at radius 1 is 0.667 bits per heavy atom. The van der Waals surface area contributed by atoms with Crippen LogP contribution in [0.1, 0.15) is 57.5 Å². The number of aromatic amines is 2. The normalized spacial score (nSPS) is 17.1. The second-order valence-electron chi connectivity index (χ2n) is 15.7. The number of nitrogens with one attached hydrogen (secondary N) is 3. The number of aromatic nitrogens is 4. The number of likely N-dealkylation sites (tertiary alicyclic amines) is 2. The van der Waals surface area contributed by atoms with Crippen molar-refractivity contribution in [3.63, 3.8) is 0 Å². The molecule has 0 radical (unpaired) electrons. The third kappa shape index (κ3) is 8.99. The zero-order chi connectivity index (χ0) is 43.9. The molecule has 3 amide bonds. The molecule has 4 N–H and O–H groups in total. The van der Waals surface area contributed by atoms with Crippen LogP contribution >= 0.6 is 0 Å². The van der Waals surface area contributed by atoms with Gasteiger partial charge in [0.15, 0.2) is 0 Å². The Hall–Kier alpha value is -7.42. The topological polar surface area (TPSA) is 186 Å². The van der Waals surface area contributed by atoms with Gasteiger partial charge in [0.1, 0.15) is 23.6 Å². The van der Waals surface area contributed by atoms with Crippen molar-refractivity contribution in [3.8, 4) is 33.8 Å². The number of carboxylic acids is 1. The SMILES string of the molecule is COc1cc(C(=O)N2CCC[C@@H]2C(=O)N2CCc3ccccc32)ccc1-c1cn[nH]c1.COc1cc(C(=O)N2CCC[C@@H]2C(=O)O)ccc1-c1cn[nH]c1.c1ccc2c(c1)CCN2. The third-order valence-corrected chi connectivity index (χ3v) is 12.0. The molecule has 4 aliphatic rings. The van der Waals surface area contributed by atoms with Gasteiger partial charge in [-0.1, -0.05) is 36.4 Å².